The minimum atomic E-state index is -3.59. The van der Waals surface area contributed by atoms with Crippen LogP contribution < -0.4 is 0 Å². The summed E-state index contributed by atoms with van der Waals surface area (Å²) in [6, 6.07) is 9.95. The molecule has 3 heterocycles. The van der Waals surface area contributed by atoms with Gasteiger partial charge in [0.15, 0.2) is 0 Å². The summed E-state index contributed by atoms with van der Waals surface area (Å²) in [4.78, 5) is 2.36. The topological polar surface area (TPSA) is 30.9 Å². The summed E-state index contributed by atoms with van der Waals surface area (Å²) in [5.41, 5.74) is 0.969. The molecular formula is C17H23GeNO3. The van der Waals surface area contributed by atoms with Crippen molar-refractivity contribution in [3.05, 3.63) is 35.9 Å². The fraction of sp³-hybridized carbons (Fsp3) is 0.529. The van der Waals surface area contributed by atoms with Gasteiger partial charge in [0.1, 0.15) is 0 Å². The van der Waals surface area contributed by atoms with Crippen LogP contribution in [0.2, 0.25) is 0 Å². The number of hydrogen-bond acceptors (Lipinski definition) is 4. The van der Waals surface area contributed by atoms with Crippen LogP contribution in [0.15, 0.2) is 30.3 Å². The van der Waals surface area contributed by atoms with Gasteiger partial charge < -0.3 is 0 Å². The molecule has 3 atom stereocenters. The van der Waals surface area contributed by atoms with E-state index in [-0.39, 0.29) is 18.3 Å². The Labute approximate surface area is 136 Å². The van der Waals surface area contributed by atoms with Crippen LogP contribution in [0.5, 0.6) is 0 Å². The fourth-order valence-corrected chi connectivity index (χ4v) is 8.21. The van der Waals surface area contributed by atoms with Crippen molar-refractivity contribution in [2.45, 2.75) is 39.1 Å². The van der Waals surface area contributed by atoms with E-state index in [0.29, 0.717) is 0 Å². The van der Waals surface area contributed by atoms with E-state index in [1.165, 1.54) is 0 Å². The Morgan fingerprint density at radius 1 is 0.909 bits per heavy atom. The molecule has 0 spiro atoms. The molecule has 118 valence electrons. The summed E-state index contributed by atoms with van der Waals surface area (Å²) in [6.45, 7) is 8.99. The number of hydrogen-bond donors (Lipinski definition) is 0. The number of fused-ring (bicyclic) bond motifs is 6. The third-order valence-corrected chi connectivity index (χ3v) is 9.14. The number of rotatable bonds is 0. The monoisotopic (exact) mass is 363 g/mol. The summed E-state index contributed by atoms with van der Waals surface area (Å²) in [5, 5.41) is 0. The van der Waals surface area contributed by atoms with E-state index >= 15 is 0 Å². The molecule has 4 rings (SSSR count). The van der Waals surface area contributed by atoms with Gasteiger partial charge in [-0.25, -0.2) is 0 Å². The average Bonchev–Trinajstić information content (AvgIpc) is 2.42. The second kappa shape index (κ2) is 6.73. The van der Waals surface area contributed by atoms with Gasteiger partial charge in [-0.3, -0.25) is 0 Å². The van der Waals surface area contributed by atoms with Crippen molar-refractivity contribution < 1.29 is 11.3 Å². The Bertz CT molecular complexity index is 532. The van der Waals surface area contributed by atoms with Gasteiger partial charge in [0.2, 0.25) is 0 Å². The van der Waals surface area contributed by atoms with E-state index < -0.39 is 14.3 Å². The zero-order valence-electron chi connectivity index (χ0n) is 13.4. The SMILES string of the molecule is CC1CN2CC(C)[O][Ge]([C]#Cc3ccccc3)([O]1)[O]C(C)C2. The quantitative estimate of drug-likeness (QED) is 0.523. The summed E-state index contributed by atoms with van der Waals surface area (Å²) >= 11 is -3.59. The first-order valence-electron chi connectivity index (χ1n) is 7.89. The Balaban J connectivity index is 1.93. The Morgan fingerprint density at radius 2 is 1.41 bits per heavy atom. The standard InChI is InChI=1S/C17H23GeNO3/c1-14-11-19-12-15(2)21-18(20-14,22-16(3)13-19)10-9-17-7-5-4-6-8-17/h4-8,14-16H,11-13H2,1-3H3. The molecule has 0 N–H and O–H groups in total. The molecule has 0 saturated carbocycles. The number of benzene rings is 1. The van der Waals surface area contributed by atoms with Gasteiger partial charge in [0.25, 0.3) is 0 Å². The van der Waals surface area contributed by atoms with Crippen LogP contribution in [-0.4, -0.2) is 57.1 Å². The predicted octanol–water partition coefficient (Wildman–Crippen LogP) is 2.06. The molecule has 3 fully saturated rings. The summed E-state index contributed by atoms with van der Waals surface area (Å²) in [5.74, 6) is 3.21. The van der Waals surface area contributed by atoms with Gasteiger partial charge in [-0.05, 0) is 0 Å². The number of nitrogens with zero attached hydrogens (tertiary/aromatic N) is 1. The van der Waals surface area contributed by atoms with Crippen molar-refractivity contribution in [3.63, 3.8) is 0 Å². The van der Waals surface area contributed by atoms with E-state index in [1.54, 1.807) is 0 Å². The summed E-state index contributed by atoms with van der Waals surface area (Å²) < 4.78 is 22.0. The zero-order chi connectivity index (χ0) is 15.6. The molecule has 3 unspecified atom stereocenters. The maximum atomic E-state index is 6.24. The van der Waals surface area contributed by atoms with Crippen molar-refractivity contribution in [1.29, 1.82) is 0 Å². The second-order valence-corrected chi connectivity index (χ2v) is 10.5. The van der Waals surface area contributed by atoms with Gasteiger partial charge in [-0.2, -0.15) is 0 Å². The van der Waals surface area contributed by atoms with Crippen LogP contribution in [0.4, 0.5) is 0 Å². The molecule has 0 aromatic heterocycles. The minimum absolute atomic E-state index is 0.0880. The van der Waals surface area contributed by atoms with E-state index in [0.717, 1.165) is 25.2 Å². The molecule has 4 nitrogen and oxygen atoms in total. The van der Waals surface area contributed by atoms with Crippen LogP contribution in [0.25, 0.3) is 0 Å². The molecule has 22 heavy (non-hydrogen) atoms. The second-order valence-electron chi connectivity index (χ2n) is 6.18. The first kappa shape index (κ1) is 16.0. The van der Waals surface area contributed by atoms with Crippen molar-refractivity contribution in [2.75, 3.05) is 19.6 Å². The molecule has 3 aliphatic rings. The molecule has 5 heteroatoms. The van der Waals surface area contributed by atoms with E-state index in [1.807, 2.05) is 30.3 Å². The maximum absolute atomic E-state index is 6.24. The summed E-state index contributed by atoms with van der Waals surface area (Å²) in [6.07, 6.45) is 0.264. The van der Waals surface area contributed by atoms with Crippen LogP contribution in [0, 0.1) is 10.7 Å². The van der Waals surface area contributed by atoms with E-state index in [9.17, 15) is 0 Å². The Kier molecular flexibility index (Phi) is 4.91. The molecule has 3 saturated heterocycles. The van der Waals surface area contributed by atoms with Crippen molar-refractivity contribution in [1.82, 2.24) is 4.90 Å². The molecule has 0 amide bonds. The van der Waals surface area contributed by atoms with Crippen LogP contribution in [0.3, 0.4) is 0 Å². The average molecular weight is 362 g/mol. The first-order valence-corrected chi connectivity index (χ1v) is 11.5. The molecule has 3 aliphatic heterocycles. The van der Waals surface area contributed by atoms with Gasteiger partial charge >= 0.3 is 136 Å². The molecular weight excluding hydrogens is 339 g/mol. The molecule has 0 aliphatic carbocycles. The van der Waals surface area contributed by atoms with Gasteiger partial charge in [-0.1, -0.05) is 0 Å². The first-order chi connectivity index (χ1) is 10.5. The van der Waals surface area contributed by atoms with Gasteiger partial charge in [-0.15, -0.1) is 0 Å². The fourth-order valence-electron chi connectivity index (χ4n) is 3.06. The predicted molar refractivity (Wildman–Crippen MR) is 87.2 cm³/mol. The van der Waals surface area contributed by atoms with Crippen LogP contribution in [-0.2, 0) is 11.3 Å². The van der Waals surface area contributed by atoms with Crippen molar-refractivity contribution in [3.8, 4) is 10.7 Å². The molecule has 0 radical (unpaired) electrons. The zero-order valence-corrected chi connectivity index (χ0v) is 15.5. The molecule has 2 bridgehead atoms. The van der Waals surface area contributed by atoms with Crippen LogP contribution in [0.1, 0.15) is 26.3 Å². The summed E-state index contributed by atoms with van der Waals surface area (Å²) in [7, 11) is 0. The van der Waals surface area contributed by atoms with Crippen molar-refractivity contribution >= 4 is 14.3 Å². The van der Waals surface area contributed by atoms with Gasteiger partial charge in [0.05, 0.1) is 0 Å². The van der Waals surface area contributed by atoms with E-state index in [4.69, 9.17) is 11.3 Å². The molecule has 1 aromatic carbocycles. The third kappa shape index (κ3) is 3.92. The molecule has 1 aromatic rings. The van der Waals surface area contributed by atoms with Crippen LogP contribution >= 0.6 is 0 Å². The third-order valence-electron chi connectivity index (χ3n) is 3.75. The van der Waals surface area contributed by atoms with Gasteiger partial charge in [0, 0.05) is 0 Å². The Morgan fingerprint density at radius 3 is 1.91 bits per heavy atom. The van der Waals surface area contributed by atoms with E-state index in [2.05, 4.69) is 36.3 Å². The normalized spacial score (nSPS) is 38.3. The van der Waals surface area contributed by atoms with Crippen molar-refractivity contribution in [2.24, 2.45) is 0 Å². The Hall–Kier alpha value is -0.837.